The lowest BCUT2D eigenvalue weighted by Crippen LogP contribution is -2.30. The highest BCUT2D eigenvalue weighted by molar-refractivity contribution is 9.10. The molecule has 0 saturated heterocycles. The van der Waals surface area contributed by atoms with Crippen LogP contribution in [0.3, 0.4) is 0 Å². The smallest absolute Gasteiger partial charge is 0.0388 e. The minimum Gasteiger partial charge on any atom is -0.307 e. The molecule has 2 atom stereocenters. The van der Waals surface area contributed by atoms with Crippen molar-refractivity contribution in [2.45, 2.75) is 38.8 Å². The van der Waals surface area contributed by atoms with E-state index in [2.05, 4.69) is 46.5 Å². The third-order valence-electron chi connectivity index (χ3n) is 2.86. The van der Waals surface area contributed by atoms with Crippen LogP contribution in [0.2, 0.25) is 0 Å². The molecule has 1 fully saturated rings. The Bertz CT molecular complexity index is 306. The molecule has 2 rings (SSSR count). The molecule has 0 spiro atoms. The third kappa shape index (κ3) is 2.59. The van der Waals surface area contributed by atoms with E-state index in [-0.39, 0.29) is 0 Å². The van der Waals surface area contributed by atoms with E-state index in [1.165, 1.54) is 22.2 Å². The Kier molecular flexibility index (Phi) is 3.30. The van der Waals surface area contributed by atoms with E-state index in [9.17, 15) is 0 Å². The molecule has 1 heterocycles. The molecule has 0 aromatic carbocycles. The summed E-state index contributed by atoms with van der Waals surface area (Å²) in [7, 11) is 0. The van der Waals surface area contributed by atoms with Crippen molar-refractivity contribution < 1.29 is 0 Å². The lowest BCUT2D eigenvalue weighted by atomic mass is 10.2. The first-order chi connectivity index (χ1) is 6.66. The molecular weight excluding hydrogens is 258 g/mol. The summed E-state index contributed by atoms with van der Waals surface area (Å²) in [6.07, 6.45) is 2.82. The third-order valence-corrected chi connectivity index (χ3v) is 4.73. The second-order valence-corrected chi connectivity index (χ2v) is 6.04. The van der Waals surface area contributed by atoms with Crippen LogP contribution in [0.5, 0.6) is 0 Å². The summed E-state index contributed by atoms with van der Waals surface area (Å²) in [5.74, 6) is 0.931. The summed E-state index contributed by atoms with van der Waals surface area (Å²) in [6.45, 7) is 4.55. The number of thiophene rings is 1. The Labute approximate surface area is 98.0 Å². The van der Waals surface area contributed by atoms with Crippen molar-refractivity contribution in [1.29, 1.82) is 0 Å². The summed E-state index contributed by atoms with van der Waals surface area (Å²) in [5.41, 5.74) is 0. The Morgan fingerprint density at radius 1 is 1.50 bits per heavy atom. The van der Waals surface area contributed by atoms with Crippen LogP contribution >= 0.6 is 27.3 Å². The maximum absolute atomic E-state index is 3.66. The lowest BCUT2D eigenvalue weighted by molar-refractivity contribution is 0.445. The van der Waals surface area contributed by atoms with Gasteiger partial charge in [-0.1, -0.05) is 0 Å². The molecule has 2 unspecified atom stereocenters. The van der Waals surface area contributed by atoms with Crippen molar-refractivity contribution in [3.8, 4) is 0 Å². The van der Waals surface area contributed by atoms with Crippen molar-refractivity contribution in [3.05, 3.63) is 20.8 Å². The van der Waals surface area contributed by atoms with Crippen LogP contribution < -0.4 is 5.32 Å². The van der Waals surface area contributed by atoms with Crippen molar-refractivity contribution >= 4 is 27.3 Å². The molecule has 3 heteroatoms. The van der Waals surface area contributed by atoms with Crippen LogP contribution in [0.4, 0.5) is 0 Å². The van der Waals surface area contributed by atoms with E-state index in [1.807, 2.05) is 11.3 Å². The monoisotopic (exact) mass is 273 g/mol. The van der Waals surface area contributed by atoms with Crippen LogP contribution in [-0.2, 0) is 0 Å². The SMILES string of the molecule is CC(NC(C)C1CC1)c1cc(Br)cs1. The zero-order chi connectivity index (χ0) is 10.1. The predicted octanol–water partition coefficient (Wildman–Crippen LogP) is 3.96. The van der Waals surface area contributed by atoms with Crippen molar-refractivity contribution in [3.63, 3.8) is 0 Å². The molecule has 14 heavy (non-hydrogen) atoms. The molecule has 1 aromatic rings. The average Bonchev–Trinajstić information content (AvgIpc) is 2.89. The normalized spacial score (nSPS) is 20.8. The van der Waals surface area contributed by atoms with Gasteiger partial charge in [0.05, 0.1) is 0 Å². The topological polar surface area (TPSA) is 12.0 Å². The van der Waals surface area contributed by atoms with Gasteiger partial charge in [0.2, 0.25) is 0 Å². The molecule has 1 aromatic heterocycles. The molecule has 1 aliphatic carbocycles. The maximum atomic E-state index is 3.66. The minimum absolute atomic E-state index is 0.488. The average molecular weight is 274 g/mol. The van der Waals surface area contributed by atoms with Crippen molar-refractivity contribution in [1.82, 2.24) is 5.32 Å². The van der Waals surface area contributed by atoms with E-state index in [0.717, 1.165) is 5.92 Å². The minimum atomic E-state index is 0.488. The van der Waals surface area contributed by atoms with Crippen LogP contribution in [-0.4, -0.2) is 6.04 Å². The fourth-order valence-corrected chi connectivity index (χ4v) is 3.23. The largest absolute Gasteiger partial charge is 0.307 e. The van der Waals surface area contributed by atoms with E-state index >= 15 is 0 Å². The summed E-state index contributed by atoms with van der Waals surface area (Å²) in [4.78, 5) is 1.42. The highest BCUT2D eigenvalue weighted by Gasteiger charge is 2.28. The summed E-state index contributed by atoms with van der Waals surface area (Å²) in [6, 6.07) is 3.37. The Morgan fingerprint density at radius 2 is 2.21 bits per heavy atom. The molecule has 1 nitrogen and oxygen atoms in total. The van der Waals surface area contributed by atoms with E-state index in [0.29, 0.717) is 12.1 Å². The predicted molar refractivity (Wildman–Crippen MR) is 65.8 cm³/mol. The van der Waals surface area contributed by atoms with Crippen LogP contribution in [0.1, 0.15) is 37.6 Å². The van der Waals surface area contributed by atoms with Crippen LogP contribution in [0, 0.1) is 5.92 Å². The zero-order valence-electron chi connectivity index (χ0n) is 8.59. The lowest BCUT2D eigenvalue weighted by Gasteiger charge is -2.18. The quantitative estimate of drug-likeness (QED) is 0.876. The summed E-state index contributed by atoms with van der Waals surface area (Å²) in [5, 5.41) is 5.81. The van der Waals surface area contributed by atoms with Gasteiger partial charge in [0.25, 0.3) is 0 Å². The fourth-order valence-electron chi connectivity index (χ4n) is 1.76. The molecule has 0 bridgehead atoms. The van der Waals surface area contributed by atoms with Gasteiger partial charge in [-0.15, -0.1) is 11.3 Å². The number of rotatable bonds is 4. The van der Waals surface area contributed by atoms with Gasteiger partial charge < -0.3 is 5.32 Å². The zero-order valence-corrected chi connectivity index (χ0v) is 11.0. The number of halogens is 1. The molecule has 0 amide bonds. The van der Waals surface area contributed by atoms with Gasteiger partial charge in [0.1, 0.15) is 0 Å². The Morgan fingerprint density at radius 3 is 2.71 bits per heavy atom. The first-order valence-electron chi connectivity index (χ1n) is 5.17. The molecule has 1 aliphatic rings. The standard InChI is InChI=1S/C11H16BrNS/c1-7(9-3-4-9)13-8(2)11-5-10(12)6-14-11/h5-9,13H,3-4H2,1-2H3. The Hall–Kier alpha value is 0.140. The van der Waals surface area contributed by atoms with Crippen molar-refractivity contribution in [2.24, 2.45) is 5.92 Å². The van der Waals surface area contributed by atoms with Gasteiger partial charge in [-0.2, -0.15) is 0 Å². The fraction of sp³-hybridized carbons (Fsp3) is 0.636. The molecule has 1 saturated carbocycles. The molecule has 0 aliphatic heterocycles. The molecular formula is C11H16BrNS. The number of nitrogens with one attached hydrogen (secondary N) is 1. The number of hydrogen-bond acceptors (Lipinski definition) is 2. The van der Waals surface area contributed by atoms with Crippen LogP contribution in [0.15, 0.2) is 15.9 Å². The highest BCUT2D eigenvalue weighted by atomic mass is 79.9. The van der Waals surface area contributed by atoms with Crippen LogP contribution in [0.25, 0.3) is 0 Å². The van der Waals surface area contributed by atoms with Gasteiger partial charge in [0.15, 0.2) is 0 Å². The van der Waals surface area contributed by atoms with Gasteiger partial charge in [-0.05, 0) is 54.6 Å². The molecule has 1 N–H and O–H groups in total. The molecule has 78 valence electrons. The second kappa shape index (κ2) is 4.33. The number of hydrogen-bond donors (Lipinski definition) is 1. The first-order valence-corrected chi connectivity index (χ1v) is 6.84. The molecule has 0 radical (unpaired) electrons. The summed E-state index contributed by atoms with van der Waals surface area (Å²) < 4.78 is 1.20. The second-order valence-electron chi connectivity index (χ2n) is 4.18. The Balaban J connectivity index is 1.91. The van der Waals surface area contributed by atoms with E-state index in [1.54, 1.807) is 0 Å². The highest BCUT2D eigenvalue weighted by Crippen LogP contribution is 2.34. The van der Waals surface area contributed by atoms with Gasteiger partial charge in [-0.3, -0.25) is 0 Å². The summed E-state index contributed by atoms with van der Waals surface area (Å²) >= 11 is 5.31. The first kappa shape index (κ1) is 10.7. The maximum Gasteiger partial charge on any atom is 0.0388 e. The van der Waals surface area contributed by atoms with Gasteiger partial charge >= 0.3 is 0 Å². The van der Waals surface area contributed by atoms with E-state index in [4.69, 9.17) is 0 Å². The van der Waals surface area contributed by atoms with E-state index < -0.39 is 0 Å². The van der Waals surface area contributed by atoms with Gasteiger partial charge in [-0.25, -0.2) is 0 Å². The van der Waals surface area contributed by atoms with Crippen molar-refractivity contribution in [2.75, 3.05) is 0 Å². The van der Waals surface area contributed by atoms with Gasteiger partial charge in [0, 0.05) is 26.8 Å².